The molecule has 0 bridgehead atoms. The molecule has 0 atom stereocenters. The molecule has 2 nitrogen and oxygen atoms in total. The van der Waals surface area contributed by atoms with Crippen LogP contribution in [0.25, 0.3) is 0 Å². The maximum absolute atomic E-state index is 3.99. The lowest BCUT2D eigenvalue weighted by atomic mass is 10.4. The van der Waals surface area contributed by atoms with Crippen molar-refractivity contribution in [3.05, 3.63) is 16.6 Å². The second kappa shape index (κ2) is 4.41. The van der Waals surface area contributed by atoms with Gasteiger partial charge in [0.25, 0.3) is 0 Å². The van der Waals surface area contributed by atoms with Gasteiger partial charge in [-0.2, -0.15) is 0 Å². The van der Waals surface area contributed by atoms with Gasteiger partial charge in [-0.25, -0.2) is 0 Å². The van der Waals surface area contributed by atoms with Crippen LogP contribution in [0.2, 0.25) is 0 Å². The van der Waals surface area contributed by atoms with Crippen molar-refractivity contribution in [1.29, 1.82) is 0 Å². The van der Waals surface area contributed by atoms with Gasteiger partial charge in [0.1, 0.15) is 0 Å². The van der Waals surface area contributed by atoms with Crippen LogP contribution in [-0.2, 0) is 6.42 Å². The van der Waals surface area contributed by atoms with Crippen molar-refractivity contribution in [3.8, 4) is 0 Å². The second-order valence-electron chi connectivity index (χ2n) is 2.07. The van der Waals surface area contributed by atoms with Gasteiger partial charge in [0.15, 0.2) is 0 Å². The molecule has 0 saturated heterocycles. The summed E-state index contributed by atoms with van der Waals surface area (Å²) < 4.78 is 0. The molecular weight excluding hydrogens is 144 g/mol. The molecule has 1 N–H and O–H groups in total. The van der Waals surface area contributed by atoms with Crippen molar-refractivity contribution in [3.63, 3.8) is 0 Å². The number of nitrogens with zero attached hydrogens (tertiary/aromatic N) is 1. The monoisotopic (exact) mass is 156 g/mol. The predicted molar refractivity (Wildman–Crippen MR) is 44.4 cm³/mol. The third kappa shape index (κ3) is 2.45. The Kier molecular flexibility index (Phi) is 3.40. The largest absolute Gasteiger partial charge is 0.317 e. The van der Waals surface area contributed by atoms with Gasteiger partial charge in [-0.3, -0.25) is 4.98 Å². The Bertz CT molecular complexity index is 160. The summed E-state index contributed by atoms with van der Waals surface area (Å²) in [6.07, 6.45) is 3.04. The lowest BCUT2D eigenvalue weighted by Gasteiger charge is -1.96. The zero-order chi connectivity index (χ0) is 7.23. The standard InChI is InChI=1S/C7H12N2S/c1-2-8-4-3-7-5-9-6-10-7/h5-6,8H,2-4H2,1H3. The molecule has 0 saturated carbocycles. The highest BCUT2D eigenvalue weighted by Gasteiger charge is 1.91. The van der Waals surface area contributed by atoms with Crippen molar-refractivity contribution < 1.29 is 0 Å². The van der Waals surface area contributed by atoms with Gasteiger partial charge in [0.2, 0.25) is 0 Å². The van der Waals surface area contributed by atoms with E-state index in [1.54, 1.807) is 11.3 Å². The minimum atomic E-state index is 1.05. The maximum Gasteiger partial charge on any atom is 0.0794 e. The Labute approximate surface area is 65.3 Å². The SMILES string of the molecule is CCNCCc1cncs1. The summed E-state index contributed by atoms with van der Waals surface area (Å²) in [6, 6.07) is 0. The zero-order valence-electron chi connectivity index (χ0n) is 6.13. The first-order valence-electron chi connectivity index (χ1n) is 3.51. The fourth-order valence-electron chi connectivity index (χ4n) is 0.754. The molecule has 1 aromatic heterocycles. The first-order valence-corrected chi connectivity index (χ1v) is 4.39. The van der Waals surface area contributed by atoms with E-state index >= 15 is 0 Å². The molecule has 0 aliphatic heterocycles. The van der Waals surface area contributed by atoms with E-state index in [2.05, 4.69) is 17.2 Å². The van der Waals surface area contributed by atoms with Crippen LogP contribution in [0.5, 0.6) is 0 Å². The minimum Gasteiger partial charge on any atom is -0.317 e. The van der Waals surface area contributed by atoms with E-state index in [0.29, 0.717) is 0 Å². The van der Waals surface area contributed by atoms with Gasteiger partial charge in [0.05, 0.1) is 5.51 Å². The first kappa shape index (κ1) is 7.69. The summed E-state index contributed by atoms with van der Waals surface area (Å²) >= 11 is 1.72. The third-order valence-electron chi connectivity index (χ3n) is 1.28. The van der Waals surface area contributed by atoms with Crippen molar-refractivity contribution in [1.82, 2.24) is 10.3 Å². The van der Waals surface area contributed by atoms with Crippen LogP contribution < -0.4 is 5.32 Å². The molecule has 0 fully saturated rings. The average Bonchev–Trinajstić information content (AvgIpc) is 2.41. The van der Waals surface area contributed by atoms with Crippen LogP contribution in [0.15, 0.2) is 11.7 Å². The van der Waals surface area contributed by atoms with Crippen molar-refractivity contribution in [2.75, 3.05) is 13.1 Å². The fraction of sp³-hybridized carbons (Fsp3) is 0.571. The van der Waals surface area contributed by atoms with Gasteiger partial charge in [-0.05, 0) is 19.5 Å². The lowest BCUT2D eigenvalue weighted by Crippen LogP contribution is -2.15. The maximum atomic E-state index is 3.99. The van der Waals surface area contributed by atoms with Crippen LogP contribution >= 0.6 is 11.3 Å². The Morgan fingerprint density at radius 2 is 2.60 bits per heavy atom. The van der Waals surface area contributed by atoms with E-state index in [4.69, 9.17) is 0 Å². The average molecular weight is 156 g/mol. The normalized spacial score (nSPS) is 10.1. The third-order valence-corrected chi connectivity index (χ3v) is 2.12. The molecular formula is C7H12N2S. The molecule has 0 aromatic carbocycles. The fourth-order valence-corrected chi connectivity index (χ4v) is 1.35. The number of rotatable bonds is 4. The lowest BCUT2D eigenvalue weighted by molar-refractivity contribution is 0.720. The van der Waals surface area contributed by atoms with E-state index in [1.165, 1.54) is 4.88 Å². The number of thiazole rings is 1. The van der Waals surface area contributed by atoms with Crippen LogP contribution in [-0.4, -0.2) is 18.1 Å². The summed E-state index contributed by atoms with van der Waals surface area (Å²) in [5.74, 6) is 0. The Morgan fingerprint density at radius 1 is 1.70 bits per heavy atom. The summed E-state index contributed by atoms with van der Waals surface area (Å²) in [5, 5.41) is 3.27. The van der Waals surface area contributed by atoms with Crippen LogP contribution in [0.3, 0.4) is 0 Å². The first-order chi connectivity index (χ1) is 4.93. The number of hydrogen-bond acceptors (Lipinski definition) is 3. The highest BCUT2D eigenvalue weighted by molar-refractivity contribution is 7.09. The Hall–Kier alpha value is -0.410. The van der Waals surface area contributed by atoms with Crippen LogP contribution in [0, 0.1) is 0 Å². The van der Waals surface area contributed by atoms with Gasteiger partial charge >= 0.3 is 0 Å². The molecule has 0 aliphatic carbocycles. The Morgan fingerprint density at radius 3 is 3.20 bits per heavy atom. The molecule has 0 unspecified atom stereocenters. The highest BCUT2D eigenvalue weighted by atomic mass is 32.1. The number of likely N-dealkylation sites (N-methyl/N-ethyl adjacent to an activating group) is 1. The molecule has 10 heavy (non-hydrogen) atoms. The van der Waals surface area contributed by atoms with E-state index in [9.17, 15) is 0 Å². The van der Waals surface area contributed by atoms with Gasteiger partial charge < -0.3 is 5.32 Å². The molecule has 1 heterocycles. The number of hydrogen-bond donors (Lipinski definition) is 1. The van der Waals surface area contributed by atoms with Gasteiger partial charge in [-0.1, -0.05) is 6.92 Å². The molecule has 3 heteroatoms. The second-order valence-corrected chi connectivity index (χ2v) is 3.04. The molecule has 0 radical (unpaired) electrons. The molecule has 0 amide bonds. The molecule has 1 rings (SSSR count). The van der Waals surface area contributed by atoms with Crippen LogP contribution in [0.4, 0.5) is 0 Å². The Balaban J connectivity index is 2.15. The van der Waals surface area contributed by atoms with E-state index in [-0.39, 0.29) is 0 Å². The van der Waals surface area contributed by atoms with Crippen LogP contribution in [0.1, 0.15) is 11.8 Å². The van der Waals surface area contributed by atoms with E-state index in [1.807, 2.05) is 11.7 Å². The summed E-state index contributed by atoms with van der Waals surface area (Å²) in [7, 11) is 0. The smallest absolute Gasteiger partial charge is 0.0794 e. The number of nitrogens with one attached hydrogen (secondary N) is 1. The highest BCUT2D eigenvalue weighted by Crippen LogP contribution is 2.04. The molecule has 1 aromatic rings. The van der Waals surface area contributed by atoms with Gasteiger partial charge in [-0.15, -0.1) is 11.3 Å². The topological polar surface area (TPSA) is 24.9 Å². The predicted octanol–water partition coefficient (Wildman–Crippen LogP) is 1.30. The summed E-state index contributed by atoms with van der Waals surface area (Å²) in [4.78, 5) is 5.35. The van der Waals surface area contributed by atoms with E-state index in [0.717, 1.165) is 19.5 Å². The zero-order valence-corrected chi connectivity index (χ0v) is 6.95. The summed E-state index contributed by atoms with van der Waals surface area (Å²) in [6.45, 7) is 4.24. The van der Waals surface area contributed by atoms with Crippen molar-refractivity contribution >= 4 is 11.3 Å². The molecule has 0 aliphatic rings. The molecule has 0 spiro atoms. The number of aromatic nitrogens is 1. The van der Waals surface area contributed by atoms with E-state index < -0.39 is 0 Å². The van der Waals surface area contributed by atoms with Crippen molar-refractivity contribution in [2.45, 2.75) is 13.3 Å². The minimum absolute atomic E-state index is 1.05. The van der Waals surface area contributed by atoms with Crippen molar-refractivity contribution in [2.24, 2.45) is 0 Å². The summed E-state index contributed by atoms with van der Waals surface area (Å²) in [5.41, 5.74) is 1.88. The molecule has 56 valence electrons. The van der Waals surface area contributed by atoms with Gasteiger partial charge in [0, 0.05) is 11.1 Å². The quantitative estimate of drug-likeness (QED) is 0.665.